The van der Waals surface area contributed by atoms with Crippen LogP contribution >= 0.6 is 0 Å². The van der Waals surface area contributed by atoms with Crippen molar-refractivity contribution >= 4 is 0 Å². The minimum absolute atomic E-state index is 0.142. The van der Waals surface area contributed by atoms with Crippen LogP contribution in [0.25, 0.3) is 0 Å². The molecule has 1 fully saturated rings. The van der Waals surface area contributed by atoms with Crippen molar-refractivity contribution in [1.29, 1.82) is 0 Å². The van der Waals surface area contributed by atoms with Gasteiger partial charge in [0.05, 0.1) is 0 Å². The molecule has 1 nitrogen and oxygen atoms in total. The molecule has 0 radical (unpaired) electrons. The normalized spacial score (nSPS) is 29.2. The summed E-state index contributed by atoms with van der Waals surface area (Å²) in [7, 11) is 0. The first-order valence-electron chi connectivity index (χ1n) is 6.59. The number of halogens is 1. The van der Waals surface area contributed by atoms with Crippen molar-refractivity contribution in [2.75, 3.05) is 13.1 Å². The number of piperidine rings is 1. The highest BCUT2D eigenvalue weighted by Crippen LogP contribution is 2.38. The molecule has 1 aromatic carbocycles. The van der Waals surface area contributed by atoms with Crippen molar-refractivity contribution in [3.63, 3.8) is 0 Å². The van der Waals surface area contributed by atoms with Crippen LogP contribution < -0.4 is 5.32 Å². The zero-order valence-corrected chi connectivity index (χ0v) is 10.8. The summed E-state index contributed by atoms with van der Waals surface area (Å²) in [5.41, 5.74) is 1.62. The Hall–Kier alpha value is -0.890. The summed E-state index contributed by atoms with van der Waals surface area (Å²) >= 11 is 0. The molecule has 1 aliphatic heterocycles. The quantitative estimate of drug-likeness (QED) is 0.846. The Bertz CT molecular complexity index is 360. The Morgan fingerprint density at radius 3 is 2.71 bits per heavy atom. The second-order valence-corrected chi connectivity index (χ2v) is 5.52. The lowest BCUT2D eigenvalue weighted by Crippen LogP contribution is -2.44. The maximum atomic E-state index is 12.9. The molecule has 2 rings (SSSR count). The second-order valence-electron chi connectivity index (χ2n) is 5.52. The van der Waals surface area contributed by atoms with E-state index in [0.29, 0.717) is 5.41 Å². The van der Waals surface area contributed by atoms with E-state index in [1.807, 2.05) is 12.1 Å². The van der Waals surface area contributed by atoms with Crippen LogP contribution in [-0.2, 0) is 6.42 Å². The summed E-state index contributed by atoms with van der Waals surface area (Å²) in [5.74, 6) is 0.581. The smallest absolute Gasteiger partial charge is 0.123 e. The van der Waals surface area contributed by atoms with E-state index in [2.05, 4.69) is 19.2 Å². The Morgan fingerprint density at radius 2 is 2.06 bits per heavy atom. The fourth-order valence-corrected chi connectivity index (χ4v) is 3.04. The Balaban J connectivity index is 2.11. The number of hydrogen-bond donors (Lipinski definition) is 1. The molecule has 0 spiro atoms. The van der Waals surface area contributed by atoms with Crippen LogP contribution in [0, 0.1) is 17.2 Å². The zero-order chi connectivity index (χ0) is 12.3. The van der Waals surface area contributed by atoms with Crippen LogP contribution in [0.15, 0.2) is 24.3 Å². The van der Waals surface area contributed by atoms with Gasteiger partial charge in [0, 0.05) is 0 Å². The molecule has 0 saturated carbocycles. The number of rotatable bonds is 3. The van der Waals surface area contributed by atoms with Crippen LogP contribution in [0.3, 0.4) is 0 Å². The lowest BCUT2D eigenvalue weighted by molar-refractivity contribution is 0.125. The van der Waals surface area contributed by atoms with E-state index in [-0.39, 0.29) is 5.82 Å². The molecule has 0 amide bonds. The number of hydrogen-bond acceptors (Lipinski definition) is 1. The number of benzene rings is 1. The fraction of sp³-hybridized carbons (Fsp3) is 0.600. The molecule has 2 atom stereocenters. The van der Waals surface area contributed by atoms with Gasteiger partial charge >= 0.3 is 0 Å². The minimum atomic E-state index is -0.142. The highest BCUT2D eigenvalue weighted by molar-refractivity contribution is 5.18. The van der Waals surface area contributed by atoms with Crippen LogP contribution in [0.1, 0.15) is 32.3 Å². The average Bonchev–Trinajstić information content (AvgIpc) is 2.32. The first-order valence-corrected chi connectivity index (χ1v) is 6.59. The maximum absolute atomic E-state index is 12.9. The van der Waals surface area contributed by atoms with Crippen LogP contribution in [-0.4, -0.2) is 13.1 Å². The molecular weight excluding hydrogens is 213 g/mol. The minimum Gasteiger partial charge on any atom is -0.316 e. The molecule has 1 aliphatic rings. The van der Waals surface area contributed by atoms with Gasteiger partial charge in [-0.05, 0) is 55.0 Å². The van der Waals surface area contributed by atoms with E-state index >= 15 is 0 Å². The Morgan fingerprint density at radius 1 is 1.35 bits per heavy atom. The van der Waals surface area contributed by atoms with Gasteiger partial charge in [-0.25, -0.2) is 4.39 Å². The molecule has 0 bridgehead atoms. The van der Waals surface area contributed by atoms with E-state index in [1.165, 1.54) is 18.4 Å². The first kappa shape index (κ1) is 12.6. The van der Waals surface area contributed by atoms with Gasteiger partial charge in [-0.2, -0.15) is 0 Å². The molecule has 1 heterocycles. The largest absolute Gasteiger partial charge is 0.316 e. The van der Waals surface area contributed by atoms with Crippen molar-refractivity contribution in [1.82, 2.24) is 5.32 Å². The fourth-order valence-electron chi connectivity index (χ4n) is 3.04. The van der Waals surface area contributed by atoms with Gasteiger partial charge in [-0.3, -0.25) is 0 Å². The van der Waals surface area contributed by atoms with Crippen LogP contribution in [0.5, 0.6) is 0 Å². The second kappa shape index (κ2) is 5.18. The molecule has 2 heteroatoms. The van der Waals surface area contributed by atoms with Gasteiger partial charge in [0.1, 0.15) is 5.82 Å². The molecule has 94 valence electrons. The lowest BCUT2D eigenvalue weighted by atomic mass is 9.68. The third-order valence-corrected chi connectivity index (χ3v) is 4.26. The predicted molar refractivity (Wildman–Crippen MR) is 69.5 cm³/mol. The van der Waals surface area contributed by atoms with E-state index in [1.54, 1.807) is 12.1 Å². The van der Waals surface area contributed by atoms with Crippen molar-refractivity contribution in [3.05, 3.63) is 35.6 Å². The molecule has 1 aromatic rings. The molecule has 17 heavy (non-hydrogen) atoms. The topological polar surface area (TPSA) is 12.0 Å². The molecule has 0 aliphatic carbocycles. The lowest BCUT2D eigenvalue weighted by Gasteiger charge is -2.42. The number of nitrogens with one attached hydrogen (secondary N) is 1. The highest BCUT2D eigenvalue weighted by atomic mass is 19.1. The summed E-state index contributed by atoms with van der Waals surface area (Å²) in [4.78, 5) is 0. The van der Waals surface area contributed by atoms with E-state index < -0.39 is 0 Å². The standard InChI is InChI=1S/C15H22FN/c1-3-13-11-17-9-8-15(13,2)10-12-4-6-14(16)7-5-12/h4-7,13,17H,3,8-11H2,1-2H3. The van der Waals surface area contributed by atoms with Gasteiger partial charge < -0.3 is 5.32 Å². The van der Waals surface area contributed by atoms with E-state index in [4.69, 9.17) is 0 Å². The van der Waals surface area contributed by atoms with Crippen molar-refractivity contribution in [2.24, 2.45) is 11.3 Å². The summed E-state index contributed by atoms with van der Waals surface area (Å²) < 4.78 is 12.9. The third-order valence-electron chi connectivity index (χ3n) is 4.26. The molecule has 2 unspecified atom stereocenters. The van der Waals surface area contributed by atoms with Crippen LogP contribution in [0.4, 0.5) is 4.39 Å². The van der Waals surface area contributed by atoms with Gasteiger partial charge in [0.15, 0.2) is 0 Å². The van der Waals surface area contributed by atoms with Crippen molar-refractivity contribution < 1.29 is 4.39 Å². The predicted octanol–water partition coefficient (Wildman–Crippen LogP) is 3.39. The molecule has 1 saturated heterocycles. The summed E-state index contributed by atoms with van der Waals surface area (Å²) in [6.07, 6.45) is 3.49. The molecule has 1 N–H and O–H groups in total. The van der Waals surface area contributed by atoms with Crippen molar-refractivity contribution in [2.45, 2.75) is 33.1 Å². The van der Waals surface area contributed by atoms with Gasteiger partial charge in [-0.1, -0.05) is 32.4 Å². The van der Waals surface area contributed by atoms with E-state index in [9.17, 15) is 4.39 Å². The van der Waals surface area contributed by atoms with Gasteiger partial charge in [0.25, 0.3) is 0 Å². The SMILES string of the molecule is CCC1CNCCC1(C)Cc1ccc(F)cc1. The third kappa shape index (κ3) is 2.86. The molecule has 0 aromatic heterocycles. The van der Waals surface area contributed by atoms with Gasteiger partial charge in [0.2, 0.25) is 0 Å². The summed E-state index contributed by atoms with van der Waals surface area (Å²) in [5, 5.41) is 3.48. The first-order chi connectivity index (χ1) is 8.14. The Kier molecular flexibility index (Phi) is 3.82. The molecular formula is C15H22FN. The highest BCUT2D eigenvalue weighted by Gasteiger charge is 2.35. The zero-order valence-electron chi connectivity index (χ0n) is 10.8. The summed E-state index contributed by atoms with van der Waals surface area (Å²) in [6, 6.07) is 6.99. The average molecular weight is 235 g/mol. The monoisotopic (exact) mass is 235 g/mol. The van der Waals surface area contributed by atoms with Gasteiger partial charge in [-0.15, -0.1) is 0 Å². The maximum Gasteiger partial charge on any atom is 0.123 e. The Labute approximate surface area is 103 Å². The van der Waals surface area contributed by atoms with E-state index in [0.717, 1.165) is 25.4 Å². The van der Waals surface area contributed by atoms with Crippen molar-refractivity contribution in [3.8, 4) is 0 Å². The summed E-state index contributed by atoms with van der Waals surface area (Å²) in [6.45, 7) is 6.87. The van der Waals surface area contributed by atoms with Crippen LogP contribution in [0.2, 0.25) is 0 Å².